The van der Waals surface area contributed by atoms with Gasteiger partial charge in [-0.05, 0) is 38.0 Å². The van der Waals surface area contributed by atoms with Gasteiger partial charge in [0, 0.05) is 36.1 Å². The molecule has 0 radical (unpaired) electrons. The lowest BCUT2D eigenvalue weighted by Gasteiger charge is -2.36. The number of amides is 1. The molecule has 27 heavy (non-hydrogen) atoms. The number of aryl methyl sites for hydroxylation is 1. The zero-order valence-electron chi connectivity index (χ0n) is 15.5. The van der Waals surface area contributed by atoms with Gasteiger partial charge in [0.05, 0.1) is 12.2 Å². The van der Waals surface area contributed by atoms with Gasteiger partial charge in [0.1, 0.15) is 6.04 Å². The minimum Gasteiger partial charge on any atom is -0.324 e. The van der Waals surface area contributed by atoms with Crippen molar-refractivity contribution in [1.29, 1.82) is 0 Å². The van der Waals surface area contributed by atoms with Crippen LogP contribution in [0.25, 0.3) is 0 Å². The van der Waals surface area contributed by atoms with Crippen molar-refractivity contribution in [2.75, 3.05) is 12.4 Å². The smallest absolute Gasteiger partial charge is 0.280 e. The number of carbonyl (C=O) groups excluding carboxylic acids is 1. The van der Waals surface area contributed by atoms with Gasteiger partial charge >= 0.3 is 0 Å². The molecule has 10 heteroatoms. The Morgan fingerprint density at radius 2 is 2.04 bits per heavy atom. The first-order chi connectivity index (χ1) is 12.6. The Balaban J connectivity index is 1.89. The predicted molar refractivity (Wildman–Crippen MR) is 104 cm³/mol. The van der Waals surface area contributed by atoms with Crippen LogP contribution < -0.4 is 10.0 Å². The molecule has 2 heterocycles. The SMILES string of the molecule is Cc1c(Cl)cccc1NC(=O)[C@@H]1C[C@H](c2cnn(C)c2C)NS(=O)(=O)N1C. The lowest BCUT2D eigenvalue weighted by Crippen LogP contribution is -2.56. The highest BCUT2D eigenvalue weighted by Crippen LogP contribution is 2.30. The van der Waals surface area contributed by atoms with E-state index >= 15 is 0 Å². The van der Waals surface area contributed by atoms with Gasteiger partial charge in [-0.15, -0.1) is 0 Å². The Kier molecular flexibility index (Phi) is 5.31. The van der Waals surface area contributed by atoms with E-state index in [0.717, 1.165) is 21.1 Å². The number of carbonyl (C=O) groups is 1. The predicted octanol–water partition coefficient (Wildman–Crippen LogP) is 1.91. The number of nitrogens with one attached hydrogen (secondary N) is 2. The summed E-state index contributed by atoms with van der Waals surface area (Å²) in [6.07, 6.45) is 1.91. The highest BCUT2D eigenvalue weighted by Gasteiger charge is 2.41. The largest absolute Gasteiger partial charge is 0.324 e. The summed E-state index contributed by atoms with van der Waals surface area (Å²) >= 11 is 6.10. The number of anilines is 1. The van der Waals surface area contributed by atoms with Gasteiger partial charge in [-0.3, -0.25) is 9.48 Å². The first-order valence-electron chi connectivity index (χ1n) is 8.41. The Morgan fingerprint density at radius 3 is 2.67 bits per heavy atom. The Hall–Kier alpha value is -1.94. The van der Waals surface area contributed by atoms with Crippen molar-refractivity contribution in [2.45, 2.75) is 32.4 Å². The normalized spacial score (nSPS) is 22.6. The maximum absolute atomic E-state index is 12.9. The maximum atomic E-state index is 12.9. The lowest BCUT2D eigenvalue weighted by molar-refractivity contribution is -0.120. The molecule has 1 amide bonds. The first-order valence-corrected chi connectivity index (χ1v) is 10.2. The fourth-order valence-electron chi connectivity index (χ4n) is 3.13. The highest BCUT2D eigenvalue weighted by atomic mass is 35.5. The molecule has 1 aliphatic rings. The molecule has 1 aromatic heterocycles. The van der Waals surface area contributed by atoms with Crippen LogP contribution in [0, 0.1) is 13.8 Å². The van der Waals surface area contributed by atoms with Crippen molar-refractivity contribution in [1.82, 2.24) is 18.8 Å². The molecular weight excluding hydrogens is 390 g/mol. The molecule has 0 aliphatic carbocycles. The average molecular weight is 412 g/mol. The molecule has 1 aromatic carbocycles. The fraction of sp³-hybridized carbons (Fsp3) is 0.412. The van der Waals surface area contributed by atoms with Crippen molar-refractivity contribution in [2.24, 2.45) is 7.05 Å². The molecule has 8 nitrogen and oxygen atoms in total. The van der Waals surface area contributed by atoms with Gasteiger partial charge in [0.15, 0.2) is 0 Å². The number of halogens is 1. The number of hydrogen-bond acceptors (Lipinski definition) is 4. The average Bonchev–Trinajstić information content (AvgIpc) is 2.93. The van der Waals surface area contributed by atoms with Crippen LogP contribution in [0.15, 0.2) is 24.4 Å². The van der Waals surface area contributed by atoms with Gasteiger partial charge in [-0.25, -0.2) is 0 Å². The zero-order valence-corrected chi connectivity index (χ0v) is 17.1. The lowest BCUT2D eigenvalue weighted by atomic mass is 10.00. The van der Waals surface area contributed by atoms with Crippen LogP contribution >= 0.6 is 11.6 Å². The third-order valence-corrected chi connectivity index (χ3v) is 7.05. The zero-order chi connectivity index (χ0) is 19.9. The van der Waals surface area contributed by atoms with E-state index in [9.17, 15) is 13.2 Å². The fourth-order valence-corrected chi connectivity index (χ4v) is 4.57. The second kappa shape index (κ2) is 7.23. The van der Waals surface area contributed by atoms with E-state index in [4.69, 9.17) is 11.6 Å². The Bertz CT molecular complexity index is 988. The summed E-state index contributed by atoms with van der Waals surface area (Å²) in [5.74, 6) is -0.403. The standard InChI is InChI=1S/C17H22ClN5O3S/c1-10-13(18)6-5-7-14(10)20-17(24)16-8-15(21-27(25,26)23(16)4)12-9-19-22(3)11(12)2/h5-7,9,15-16,21H,8H2,1-4H3,(H,20,24)/t15-,16+/m1/s1. The molecule has 2 atom stereocenters. The minimum absolute atomic E-state index is 0.285. The number of likely N-dealkylation sites (N-methyl/N-ethyl adjacent to an activating group) is 1. The second-order valence-corrected chi connectivity index (χ2v) is 8.82. The number of nitrogens with zero attached hydrogens (tertiary/aromatic N) is 3. The van der Waals surface area contributed by atoms with Crippen molar-refractivity contribution in [3.05, 3.63) is 46.2 Å². The molecule has 0 spiro atoms. The molecule has 146 valence electrons. The van der Waals surface area contributed by atoms with Crippen molar-refractivity contribution in [3.63, 3.8) is 0 Å². The Morgan fingerprint density at radius 1 is 1.33 bits per heavy atom. The molecule has 1 saturated heterocycles. The van der Waals surface area contributed by atoms with Crippen molar-refractivity contribution >= 4 is 33.4 Å². The molecule has 1 fully saturated rings. The maximum Gasteiger partial charge on any atom is 0.280 e. The van der Waals surface area contributed by atoms with Gasteiger partial charge < -0.3 is 5.32 Å². The second-order valence-electron chi connectivity index (χ2n) is 6.65. The summed E-state index contributed by atoms with van der Waals surface area (Å²) in [5.41, 5.74) is 2.89. The topological polar surface area (TPSA) is 96.3 Å². The van der Waals surface area contributed by atoms with Gasteiger partial charge in [-0.2, -0.15) is 22.5 Å². The van der Waals surface area contributed by atoms with E-state index in [-0.39, 0.29) is 6.42 Å². The van der Waals surface area contributed by atoms with Crippen LogP contribution in [0.5, 0.6) is 0 Å². The summed E-state index contributed by atoms with van der Waals surface area (Å²) < 4.78 is 30.5. The van der Waals surface area contributed by atoms with E-state index in [1.54, 1.807) is 43.0 Å². The van der Waals surface area contributed by atoms with Gasteiger partial charge in [0.25, 0.3) is 10.2 Å². The van der Waals surface area contributed by atoms with E-state index < -0.39 is 28.2 Å². The number of rotatable bonds is 3. The summed E-state index contributed by atoms with van der Waals surface area (Å²) in [6, 6.07) is 3.80. The van der Waals surface area contributed by atoms with Crippen LogP contribution in [0.1, 0.15) is 29.3 Å². The molecule has 0 bridgehead atoms. The monoisotopic (exact) mass is 411 g/mol. The molecular formula is C17H22ClN5O3S. The van der Waals surface area contributed by atoms with E-state index in [1.807, 2.05) is 6.92 Å². The van der Waals surface area contributed by atoms with Crippen molar-refractivity contribution < 1.29 is 13.2 Å². The molecule has 3 rings (SSSR count). The number of hydrogen-bond donors (Lipinski definition) is 2. The third-order valence-electron chi connectivity index (χ3n) is 5.05. The minimum atomic E-state index is -3.81. The highest BCUT2D eigenvalue weighted by molar-refractivity contribution is 7.87. The van der Waals surface area contributed by atoms with Crippen LogP contribution in [-0.2, 0) is 22.1 Å². The summed E-state index contributed by atoms with van der Waals surface area (Å²) in [6.45, 7) is 3.65. The first kappa shape index (κ1) is 19.8. The quantitative estimate of drug-likeness (QED) is 0.806. The molecule has 1 aliphatic heterocycles. The molecule has 0 unspecified atom stereocenters. The molecule has 2 aromatic rings. The summed E-state index contributed by atoms with van der Waals surface area (Å²) in [4.78, 5) is 12.9. The molecule has 2 N–H and O–H groups in total. The summed E-state index contributed by atoms with van der Waals surface area (Å²) in [5, 5.41) is 7.50. The number of aromatic nitrogens is 2. The molecule has 0 saturated carbocycles. The van der Waals surface area contributed by atoms with Crippen LogP contribution in [0.3, 0.4) is 0 Å². The Labute approximate surface area is 163 Å². The van der Waals surface area contributed by atoms with Crippen LogP contribution in [-0.4, -0.2) is 41.5 Å². The van der Waals surface area contributed by atoms with Gasteiger partial charge in [0.2, 0.25) is 5.91 Å². The third kappa shape index (κ3) is 3.73. The van der Waals surface area contributed by atoms with E-state index in [0.29, 0.717) is 10.7 Å². The number of benzene rings is 1. The summed E-state index contributed by atoms with van der Waals surface area (Å²) in [7, 11) is -0.633. The van der Waals surface area contributed by atoms with Crippen LogP contribution in [0.2, 0.25) is 5.02 Å². The van der Waals surface area contributed by atoms with Crippen LogP contribution in [0.4, 0.5) is 5.69 Å². The van der Waals surface area contributed by atoms with Crippen molar-refractivity contribution in [3.8, 4) is 0 Å². The van der Waals surface area contributed by atoms with Gasteiger partial charge in [-0.1, -0.05) is 17.7 Å². The van der Waals surface area contributed by atoms with E-state index in [2.05, 4.69) is 15.1 Å². The van der Waals surface area contributed by atoms with E-state index in [1.165, 1.54) is 7.05 Å².